The van der Waals surface area contributed by atoms with Crippen LogP contribution in [0.4, 0.5) is 11.5 Å². The number of nitrogens with one attached hydrogen (secondary N) is 1. The number of anilines is 2. The molecule has 0 aliphatic heterocycles. The molecule has 3 N–H and O–H groups in total. The van der Waals surface area contributed by atoms with E-state index in [4.69, 9.17) is 10.5 Å². The van der Waals surface area contributed by atoms with E-state index in [-0.39, 0.29) is 18.3 Å². The number of aromatic nitrogens is 1. The Bertz CT molecular complexity index is 357. The second-order valence-corrected chi connectivity index (χ2v) is 3.83. The van der Waals surface area contributed by atoms with Gasteiger partial charge < -0.3 is 15.8 Å². The summed E-state index contributed by atoms with van der Waals surface area (Å²) in [5.74, 6) is 0.253. The van der Waals surface area contributed by atoms with Crippen molar-refractivity contribution in [3.63, 3.8) is 0 Å². The molecule has 0 bridgehead atoms. The lowest BCUT2D eigenvalue weighted by Gasteiger charge is -2.12. The van der Waals surface area contributed by atoms with Gasteiger partial charge in [0.25, 0.3) is 5.91 Å². The van der Waals surface area contributed by atoms with E-state index in [2.05, 4.69) is 17.2 Å². The Balaban J connectivity index is 0.00000289. The summed E-state index contributed by atoms with van der Waals surface area (Å²) < 4.78 is 5.38. The Morgan fingerprint density at radius 2 is 2.28 bits per heavy atom. The minimum absolute atomic E-state index is 0. The van der Waals surface area contributed by atoms with Crippen LogP contribution in [0.25, 0.3) is 0 Å². The fourth-order valence-electron chi connectivity index (χ4n) is 1.20. The van der Waals surface area contributed by atoms with Crippen molar-refractivity contribution in [1.29, 1.82) is 0 Å². The number of ether oxygens (including phenoxy) is 1. The molecule has 1 atom stereocenters. The number of unbranched alkanes of at least 4 members (excludes halogenated alkanes) is 1. The fraction of sp³-hybridized carbons (Fsp3) is 0.500. The standard InChI is InChI=1S/C12H19N3O2.ClH/c1-3-4-7-17-9(2)12(16)15-10-5-6-11(13)14-8-10;/h5-6,8-9H,3-4,7H2,1-2H3,(H2,13,14)(H,15,16);1H. The number of nitrogen functional groups attached to an aromatic ring is 1. The third-order valence-corrected chi connectivity index (χ3v) is 2.29. The van der Waals surface area contributed by atoms with Crippen molar-refractivity contribution in [3.8, 4) is 0 Å². The van der Waals surface area contributed by atoms with Crippen LogP contribution in [0.3, 0.4) is 0 Å². The number of nitrogens with zero attached hydrogens (tertiary/aromatic N) is 1. The van der Waals surface area contributed by atoms with Gasteiger partial charge in [-0.3, -0.25) is 4.79 Å². The van der Waals surface area contributed by atoms with Crippen molar-refractivity contribution in [1.82, 2.24) is 4.98 Å². The van der Waals surface area contributed by atoms with E-state index in [1.165, 1.54) is 6.20 Å². The molecule has 0 saturated carbocycles. The second kappa shape index (κ2) is 8.72. The number of hydrogen-bond donors (Lipinski definition) is 2. The molecule has 1 aromatic rings. The first-order chi connectivity index (χ1) is 8.13. The van der Waals surface area contributed by atoms with Crippen LogP contribution in [0, 0.1) is 0 Å². The highest BCUT2D eigenvalue weighted by Crippen LogP contribution is 2.08. The highest BCUT2D eigenvalue weighted by atomic mass is 35.5. The van der Waals surface area contributed by atoms with Gasteiger partial charge in [0.2, 0.25) is 0 Å². The first-order valence-electron chi connectivity index (χ1n) is 5.77. The molecule has 102 valence electrons. The Kier molecular flexibility index (Phi) is 8.07. The Hall–Kier alpha value is -1.33. The van der Waals surface area contributed by atoms with Crippen LogP contribution < -0.4 is 11.1 Å². The average molecular weight is 274 g/mol. The molecule has 0 spiro atoms. The van der Waals surface area contributed by atoms with Crippen LogP contribution >= 0.6 is 12.4 Å². The molecule has 1 heterocycles. The van der Waals surface area contributed by atoms with Crippen LogP contribution in [-0.4, -0.2) is 23.6 Å². The van der Waals surface area contributed by atoms with Crippen molar-refractivity contribution in [2.45, 2.75) is 32.8 Å². The third-order valence-electron chi connectivity index (χ3n) is 2.29. The summed E-state index contributed by atoms with van der Waals surface area (Å²) in [5, 5.41) is 2.71. The maximum atomic E-state index is 11.7. The van der Waals surface area contributed by atoms with Gasteiger partial charge in [-0.2, -0.15) is 0 Å². The smallest absolute Gasteiger partial charge is 0.253 e. The van der Waals surface area contributed by atoms with Crippen molar-refractivity contribution >= 4 is 29.8 Å². The molecule has 0 fully saturated rings. The largest absolute Gasteiger partial charge is 0.384 e. The molecule has 0 aliphatic rings. The zero-order chi connectivity index (χ0) is 12.7. The predicted octanol–water partition coefficient (Wildman–Crippen LogP) is 2.23. The second-order valence-electron chi connectivity index (χ2n) is 3.83. The first kappa shape index (κ1) is 16.7. The number of carbonyl (C=O) groups excluding carboxylic acids is 1. The van der Waals surface area contributed by atoms with Gasteiger partial charge in [0.1, 0.15) is 11.9 Å². The van der Waals surface area contributed by atoms with Gasteiger partial charge in [-0.25, -0.2) is 4.98 Å². The van der Waals surface area contributed by atoms with Crippen molar-refractivity contribution < 1.29 is 9.53 Å². The Morgan fingerprint density at radius 3 is 2.83 bits per heavy atom. The molecule has 0 radical (unpaired) electrons. The lowest BCUT2D eigenvalue weighted by atomic mass is 10.3. The molecular weight excluding hydrogens is 254 g/mol. The summed E-state index contributed by atoms with van der Waals surface area (Å²) in [7, 11) is 0. The minimum Gasteiger partial charge on any atom is -0.384 e. The van der Waals surface area contributed by atoms with Crippen molar-refractivity contribution in [2.24, 2.45) is 0 Å². The zero-order valence-electron chi connectivity index (χ0n) is 10.7. The molecule has 0 saturated heterocycles. The summed E-state index contributed by atoms with van der Waals surface area (Å²) in [5.41, 5.74) is 6.07. The maximum Gasteiger partial charge on any atom is 0.253 e. The zero-order valence-corrected chi connectivity index (χ0v) is 11.5. The van der Waals surface area contributed by atoms with E-state index in [1.54, 1.807) is 19.1 Å². The number of carbonyl (C=O) groups is 1. The maximum absolute atomic E-state index is 11.7. The summed E-state index contributed by atoms with van der Waals surface area (Å²) in [4.78, 5) is 15.6. The van der Waals surface area contributed by atoms with Crippen molar-refractivity contribution in [3.05, 3.63) is 18.3 Å². The first-order valence-corrected chi connectivity index (χ1v) is 5.77. The van der Waals surface area contributed by atoms with Gasteiger partial charge in [0.15, 0.2) is 0 Å². The van der Waals surface area contributed by atoms with Crippen LogP contribution in [0.5, 0.6) is 0 Å². The van der Waals surface area contributed by atoms with E-state index in [0.717, 1.165) is 12.8 Å². The number of hydrogen-bond acceptors (Lipinski definition) is 4. The molecule has 5 nitrogen and oxygen atoms in total. The molecular formula is C12H20ClN3O2. The highest BCUT2D eigenvalue weighted by Gasteiger charge is 2.12. The number of rotatable bonds is 6. The van der Waals surface area contributed by atoms with Crippen LogP contribution in [0.15, 0.2) is 18.3 Å². The highest BCUT2D eigenvalue weighted by molar-refractivity contribution is 5.93. The number of nitrogens with two attached hydrogens (primary N) is 1. The van der Waals surface area contributed by atoms with E-state index in [0.29, 0.717) is 18.1 Å². The van der Waals surface area contributed by atoms with Gasteiger partial charge in [-0.1, -0.05) is 13.3 Å². The van der Waals surface area contributed by atoms with Crippen LogP contribution in [0.1, 0.15) is 26.7 Å². The molecule has 1 aromatic heterocycles. The summed E-state index contributed by atoms with van der Waals surface area (Å²) in [6.07, 6.45) is 3.07. The quantitative estimate of drug-likeness (QED) is 0.779. The summed E-state index contributed by atoms with van der Waals surface area (Å²) in [6, 6.07) is 3.34. The molecule has 6 heteroatoms. The van der Waals surface area contributed by atoms with Gasteiger partial charge >= 0.3 is 0 Å². The van der Waals surface area contributed by atoms with E-state index < -0.39 is 6.10 Å². The van der Waals surface area contributed by atoms with Gasteiger partial charge in [0.05, 0.1) is 11.9 Å². The number of pyridine rings is 1. The van der Waals surface area contributed by atoms with E-state index >= 15 is 0 Å². The summed E-state index contributed by atoms with van der Waals surface area (Å²) >= 11 is 0. The number of amides is 1. The van der Waals surface area contributed by atoms with E-state index in [9.17, 15) is 4.79 Å². The minimum atomic E-state index is -0.459. The predicted molar refractivity (Wildman–Crippen MR) is 74.8 cm³/mol. The lowest BCUT2D eigenvalue weighted by molar-refractivity contribution is -0.126. The third kappa shape index (κ3) is 5.84. The van der Waals surface area contributed by atoms with Crippen LogP contribution in [0.2, 0.25) is 0 Å². The number of halogens is 1. The van der Waals surface area contributed by atoms with Gasteiger partial charge in [-0.15, -0.1) is 12.4 Å². The Morgan fingerprint density at radius 1 is 1.56 bits per heavy atom. The average Bonchev–Trinajstić information content (AvgIpc) is 2.32. The molecule has 0 aromatic carbocycles. The lowest BCUT2D eigenvalue weighted by Crippen LogP contribution is -2.28. The molecule has 1 unspecified atom stereocenters. The SMILES string of the molecule is CCCCOC(C)C(=O)Nc1ccc(N)nc1.Cl. The topological polar surface area (TPSA) is 77.2 Å². The molecule has 1 rings (SSSR count). The van der Waals surface area contributed by atoms with Crippen LogP contribution in [-0.2, 0) is 9.53 Å². The Labute approximate surface area is 114 Å². The van der Waals surface area contributed by atoms with E-state index in [1.807, 2.05) is 0 Å². The normalized spacial score (nSPS) is 11.4. The molecule has 1 amide bonds. The van der Waals surface area contributed by atoms with Crippen molar-refractivity contribution in [2.75, 3.05) is 17.7 Å². The van der Waals surface area contributed by atoms with Gasteiger partial charge in [0, 0.05) is 6.61 Å². The summed E-state index contributed by atoms with van der Waals surface area (Å²) in [6.45, 7) is 4.41. The molecule has 0 aliphatic carbocycles. The monoisotopic (exact) mass is 273 g/mol. The molecule has 18 heavy (non-hydrogen) atoms. The fourth-order valence-corrected chi connectivity index (χ4v) is 1.20. The van der Waals surface area contributed by atoms with Gasteiger partial charge in [-0.05, 0) is 25.5 Å².